The van der Waals surface area contributed by atoms with Crippen LogP contribution in [0.25, 0.3) is 0 Å². The molecule has 156 valence electrons. The van der Waals surface area contributed by atoms with E-state index in [0.717, 1.165) is 0 Å². The molecule has 2 aromatic carbocycles. The molecule has 0 bridgehead atoms. The Bertz CT molecular complexity index is 1030. The van der Waals surface area contributed by atoms with E-state index in [0.29, 0.717) is 17.4 Å². The summed E-state index contributed by atoms with van der Waals surface area (Å²) in [6.07, 6.45) is -4.05. The Morgan fingerprint density at radius 2 is 1.87 bits per heavy atom. The number of benzene rings is 2. The molecule has 3 aromatic rings. The summed E-state index contributed by atoms with van der Waals surface area (Å²) < 4.78 is 45.6. The summed E-state index contributed by atoms with van der Waals surface area (Å²) in [5.41, 5.74) is -0.201. The van der Waals surface area contributed by atoms with Crippen molar-refractivity contribution in [1.82, 2.24) is 9.97 Å². The second kappa shape index (κ2) is 8.76. The number of hydrogen-bond donors (Lipinski definition) is 0. The molecular weight excluding hydrogens is 401 g/mol. The standard InChI is InChI=1S/C20H17F3N4O3/c1-2-26(15-9-6-10-16(11-15)27(28)29)19-24-12-17(20(21,22)23)18(25-19)30-13-14-7-4-3-5-8-14/h3-12H,2,13H2,1H3. The van der Waals surface area contributed by atoms with Gasteiger partial charge in [-0.1, -0.05) is 36.4 Å². The maximum atomic E-state index is 13.4. The largest absolute Gasteiger partial charge is 0.472 e. The molecule has 0 aliphatic heterocycles. The Kier molecular flexibility index (Phi) is 6.14. The molecule has 0 amide bonds. The van der Waals surface area contributed by atoms with Gasteiger partial charge in [0.15, 0.2) is 0 Å². The SMILES string of the molecule is CCN(c1cccc([N+](=O)[O-])c1)c1ncc(C(F)(F)F)c(OCc2ccccc2)n1. The van der Waals surface area contributed by atoms with E-state index in [9.17, 15) is 23.3 Å². The van der Waals surface area contributed by atoms with E-state index in [1.54, 1.807) is 43.3 Å². The smallest absolute Gasteiger partial charge is 0.423 e. The second-order valence-electron chi connectivity index (χ2n) is 6.18. The minimum absolute atomic E-state index is 0.0611. The summed E-state index contributed by atoms with van der Waals surface area (Å²) in [7, 11) is 0. The number of aromatic nitrogens is 2. The van der Waals surface area contributed by atoms with Gasteiger partial charge in [0.05, 0.1) is 10.6 Å². The average Bonchev–Trinajstić information content (AvgIpc) is 2.73. The molecule has 1 heterocycles. The first kappa shape index (κ1) is 21.0. The molecule has 10 heteroatoms. The van der Waals surface area contributed by atoms with Crippen molar-refractivity contribution >= 4 is 17.3 Å². The van der Waals surface area contributed by atoms with Crippen LogP contribution >= 0.6 is 0 Å². The molecule has 7 nitrogen and oxygen atoms in total. The monoisotopic (exact) mass is 418 g/mol. The fourth-order valence-electron chi connectivity index (χ4n) is 2.73. The summed E-state index contributed by atoms with van der Waals surface area (Å²) in [5.74, 6) is -0.672. The van der Waals surface area contributed by atoms with Crippen LogP contribution in [-0.4, -0.2) is 21.4 Å². The number of halogens is 3. The highest BCUT2D eigenvalue weighted by atomic mass is 19.4. The normalized spacial score (nSPS) is 11.2. The third-order valence-corrected chi connectivity index (χ3v) is 4.17. The molecule has 0 spiro atoms. The molecular formula is C20H17F3N4O3. The molecule has 0 saturated heterocycles. The predicted octanol–water partition coefficient (Wildman–Crippen LogP) is 5.14. The minimum atomic E-state index is -4.70. The van der Waals surface area contributed by atoms with Gasteiger partial charge in [-0.05, 0) is 18.6 Å². The van der Waals surface area contributed by atoms with Crippen molar-refractivity contribution in [2.75, 3.05) is 11.4 Å². The maximum absolute atomic E-state index is 13.4. The number of nitro groups is 1. The third-order valence-electron chi connectivity index (χ3n) is 4.17. The van der Waals surface area contributed by atoms with Crippen LogP contribution in [0.5, 0.6) is 5.88 Å². The molecule has 0 radical (unpaired) electrons. The van der Waals surface area contributed by atoms with Gasteiger partial charge in [0.1, 0.15) is 12.2 Å². The van der Waals surface area contributed by atoms with Crippen LogP contribution in [0, 0.1) is 10.1 Å². The van der Waals surface area contributed by atoms with Crippen molar-refractivity contribution in [3.05, 3.63) is 82.0 Å². The Labute approximate surface area is 169 Å². The lowest BCUT2D eigenvalue weighted by atomic mass is 10.2. The number of hydrogen-bond acceptors (Lipinski definition) is 6. The molecule has 1 aromatic heterocycles. The zero-order chi connectivity index (χ0) is 21.7. The Morgan fingerprint density at radius 3 is 2.50 bits per heavy atom. The molecule has 30 heavy (non-hydrogen) atoms. The van der Waals surface area contributed by atoms with Crippen LogP contribution in [0.15, 0.2) is 60.8 Å². The third kappa shape index (κ3) is 4.83. The van der Waals surface area contributed by atoms with Gasteiger partial charge in [-0.3, -0.25) is 10.1 Å². The summed E-state index contributed by atoms with van der Waals surface area (Å²) >= 11 is 0. The lowest BCUT2D eigenvalue weighted by Crippen LogP contribution is -2.21. The van der Waals surface area contributed by atoms with Gasteiger partial charge in [-0.25, -0.2) is 4.98 Å². The molecule has 0 unspecified atom stereocenters. The molecule has 0 fully saturated rings. The van der Waals surface area contributed by atoms with Gasteiger partial charge in [-0.15, -0.1) is 0 Å². The van der Waals surface area contributed by atoms with Crippen LogP contribution in [0.4, 0.5) is 30.5 Å². The lowest BCUT2D eigenvalue weighted by molar-refractivity contribution is -0.384. The second-order valence-corrected chi connectivity index (χ2v) is 6.18. The van der Waals surface area contributed by atoms with E-state index in [-0.39, 0.29) is 24.8 Å². The molecule has 0 N–H and O–H groups in total. The molecule has 3 rings (SSSR count). The van der Waals surface area contributed by atoms with Gasteiger partial charge in [-0.2, -0.15) is 18.2 Å². The van der Waals surface area contributed by atoms with Crippen molar-refractivity contribution in [1.29, 1.82) is 0 Å². The highest BCUT2D eigenvalue weighted by molar-refractivity contribution is 5.61. The number of nitrogens with zero attached hydrogens (tertiary/aromatic N) is 4. The number of rotatable bonds is 7. The van der Waals surface area contributed by atoms with Crippen molar-refractivity contribution in [2.45, 2.75) is 19.7 Å². The number of anilines is 2. The Morgan fingerprint density at radius 1 is 1.13 bits per heavy atom. The van der Waals surface area contributed by atoms with Crippen LogP contribution in [0.3, 0.4) is 0 Å². The number of nitro benzene ring substituents is 1. The number of ether oxygens (including phenoxy) is 1. The number of non-ortho nitro benzene ring substituents is 1. The number of alkyl halides is 3. The summed E-state index contributed by atoms with van der Waals surface area (Å²) in [6, 6.07) is 14.4. The Hall–Kier alpha value is -3.69. The molecule has 0 aliphatic carbocycles. The van der Waals surface area contributed by atoms with E-state index in [1.807, 2.05) is 0 Å². The van der Waals surface area contributed by atoms with Crippen molar-refractivity contribution in [3.63, 3.8) is 0 Å². The summed E-state index contributed by atoms with van der Waals surface area (Å²) in [5, 5.41) is 11.0. The van der Waals surface area contributed by atoms with Gasteiger partial charge >= 0.3 is 6.18 Å². The maximum Gasteiger partial charge on any atom is 0.423 e. The summed E-state index contributed by atoms with van der Waals surface area (Å²) in [6.45, 7) is 1.89. The molecule has 0 atom stereocenters. The van der Waals surface area contributed by atoms with Gasteiger partial charge in [0, 0.05) is 24.9 Å². The first-order valence-corrected chi connectivity index (χ1v) is 8.92. The fraction of sp³-hybridized carbons (Fsp3) is 0.200. The van der Waals surface area contributed by atoms with Crippen molar-refractivity contribution in [3.8, 4) is 5.88 Å². The Balaban J connectivity index is 1.98. The highest BCUT2D eigenvalue weighted by Gasteiger charge is 2.36. The minimum Gasteiger partial charge on any atom is -0.472 e. The first-order valence-electron chi connectivity index (χ1n) is 8.92. The van der Waals surface area contributed by atoms with E-state index < -0.39 is 22.5 Å². The van der Waals surface area contributed by atoms with Crippen LogP contribution in [-0.2, 0) is 12.8 Å². The van der Waals surface area contributed by atoms with Gasteiger partial charge in [0.2, 0.25) is 11.8 Å². The van der Waals surface area contributed by atoms with Crippen molar-refractivity contribution < 1.29 is 22.8 Å². The first-order chi connectivity index (χ1) is 14.3. The van der Waals surface area contributed by atoms with E-state index >= 15 is 0 Å². The molecule has 0 aliphatic rings. The van der Waals surface area contributed by atoms with E-state index in [4.69, 9.17) is 4.74 Å². The van der Waals surface area contributed by atoms with E-state index in [1.165, 1.54) is 23.1 Å². The van der Waals surface area contributed by atoms with Gasteiger partial charge in [0.25, 0.3) is 5.69 Å². The topological polar surface area (TPSA) is 81.4 Å². The molecule has 0 saturated carbocycles. The van der Waals surface area contributed by atoms with E-state index in [2.05, 4.69) is 9.97 Å². The van der Waals surface area contributed by atoms with Crippen LogP contribution < -0.4 is 9.64 Å². The van der Waals surface area contributed by atoms with Crippen LogP contribution in [0.1, 0.15) is 18.1 Å². The van der Waals surface area contributed by atoms with Gasteiger partial charge < -0.3 is 9.64 Å². The summed E-state index contributed by atoms with van der Waals surface area (Å²) in [4.78, 5) is 19.8. The fourth-order valence-corrected chi connectivity index (χ4v) is 2.73. The van der Waals surface area contributed by atoms with Crippen LogP contribution in [0.2, 0.25) is 0 Å². The average molecular weight is 418 g/mol. The highest BCUT2D eigenvalue weighted by Crippen LogP contribution is 2.36. The quantitative estimate of drug-likeness (QED) is 0.390. The lowest BCUT2D eigenvalue weighted by Gasteiger charge is -2.22. The predicted molar refractivity (Wildman–Crippen MR) is 104 cm³/mol. The zero-order valence-electron chi connectivity index (χ0n) is 15.8. The van der Waals surface area contributed by atoms with Crippen molar-refractivity contribution in [2.24, 2.45) is 0 Å². The zero-order valence-corrected chi connectivity index (χ0v) is 15.8.